The molecule has 0 spiro atoms. The van der Waals surface area contributed by atoms with Crippen LogP contribution in [0.1, 0.15) is 64.7 Å². The molecule has 0 saturated carbocycles. The summed E-state index contributed by atoms with van der Waals surface area (Å²) >= 11 is 0. The zero-order valence-electron chi connectivity index (χ0n) is 17.1. The van der Waals surface area contributed by atoms with E-state index in [1.165, 1.54) is 0 Å². The highest BCUT2D eigenvalue weighted by Crippen LogP contribution is 2.40. The quantitative estimate of drug-likeness (QED) is 0.311. The van der Waals surface area contributed by atoms with E-state index in [1.54, 1.807) is 0 Å². The molecule has 0 aromatic heterocycles. The van der Waals surface area contributed by atoms with E-state index >= 15 is 0 Å². The molecule has 160 valence electrons. The van der Waals surface area contributed by atoms with Crippen LogP contribution < -0.4 is 5.32 Å². The minimum absolute atomic E-state index is 0.00719. The zero-order chi connectivity index (χ0) is 20.2. The summed E-state index contributed by atoms with van der Waals surface area (Å²) in [7, 11) is 0. The van der Waals surface area contributed by atoms with Gasteiger partial charge in [-0.3, -0.25) is 4.79 Å². The molecule has 3 saturated heterocycles. The van der Waals surface area contributed by atoms with Gasteiger partial charge in [-0.25, -0.2) is 0 Å². The molecular formula is C22H37NO5. The Bertz CT molecular complexity index is 501. The van der Waals surface area contributed by atoms with Gasteiger partial charge in [0.2, 0.25) is 5.91 Å². The van der Waals surface area contributed by atoms with E-state index in [1.807, 2.05) is 12.2 Å². The number of aliphatic hydroxyl groups excluding tert-OH is 2. The Morgan fingerprint density at radius 3 is 2.82 bits per heavy atom. The van der Waals surface area contributed by atoms with Crippen LogP contribution in [0.25, 0.3) is 0 Å². The van der Waals surface area contributed by atoms with Crippen LogP contribution in [-0.2, 0) is 14.3 Å². The van der Waals surface area contributed by atoms with E-state index < -0.39 is 6.10 Å². The van der Waals surface area contributed by atoms with Crippen LogP contribution in [0, 0.1) is 5.92 Å². The standard InChI is InChI=1S/C22H37NO5/c1-2-3-6-9-17(25)12-13-19-18(20-16-22(27-19)28-20)10-7-4-5-8-11-21(26)23-14-15-24/h4,7,12-13,17-20,22,24-25H,2-3,5-6,8-11,14-16H2,1H3,(H,23,26)/b7-4-,13-12+/t17-,18+,19+,20-,22+/m0/s1. The molecule has 0 radical (unpaired) electrons. The fourth-order valence-electron chi connectivity index (χ4n) is 3.67. The lowest BCUT2D eigenvalue weighted by atomic mass is 9.84. The van der Waals surface area contributed by atoms with Gasteiger partial charge in [-0.05, 0) is 25.7 Å². The molecule has 28 heavy (non-hydrogen) atoms. The molecule has 6 nitrogen and oxygen atoms in total. The van der Waals surface area contributed by atoms with Gasteiger partial charge >= 0.3 is 0 Å². The van der Waals surface area contributed by atoms with Crippen molar-refractivity contribution in [3.05, 3.63) is 24.3 Å². The highest BCUT2D eigenvalue weighted by molar-refractivity contribution is 5.75. The number of hydrogen-bond donors (Lipinski definition) is 3. The molecule has 3 heterocycles. The molecule has 3 rings (SSSR count). The normalized spacial score (nSPS) is 27.8. The minimum atomic E-state index is -0.400. The third-order valence-electron chi connectivity index (χ3n) is 5.37. The second-order valence-corrected chi connectivity index (χ2v) is 7.73. The molecule has 3 fully saturated rings. The van der Waals surface area contributed by atoms with Gasteiger partial charge in [-0.15, -0.1) is 0 Å². The Balaban J connectivity index is 1.70. The number of allylic oxidation sites excluding steroid dienone is 2. The fraction of sp³-hybridized carbons (Fsp3) is 0.773. The lowest BCUT2D eigenvalue weighted by Gasteiger charge is -2.49. The second-order valence-electron chi connectivity index (χ2n) is 7.73. The van der Waals surface area contributed by atoms with Crippen LogP contribution in [-0.4, -0.2) is 53.9 Å². The largest absolute Gasteiger partial charge is 0.395 e. The number of carbonyl (C=O) groups excluding carboxylic acids is 1. The van der Waals surface area contributed by atoms with Gasteiger partial charge in [0.15, 0.2) is 6.29 Å². The molecule has 1 amide bonds. The van der Waals surface area contributed by atoms with Crippen LogP contribution in [0.4, 0.5) is 0 Å². The lowest BCUT2D eigenvalue weighted by molar-refractivity contribution is -0.337. The molecular weight excluding hydrogens is 358 g/mol. The van der Waals surface area contributed by atoms with Crippen LogP contribution in [0.15, 0.2) is 24.3 Å². The number of amides is 1. The van der Waals surface area contributed by atoms with Crippen molar-refractivity contribution in [1.82, 2.24) is 5.32 Å². The van der Waals surface area contributed by atoms with Crippen molar-refractivity contribution >= 4 is 5.91 Å². The predicted molar refractivity (Wildman–Crippen MR) is 109 cm³/mol. The summed E-state index contributed by atoms with van der Waals surface area (Å²) in [5.41, 5.74) is 0. The zero-order valence-corrected chi connectivity index (χ0v) is 17.1. The monoisotopic (exact) mass is 395 g/mol. The average Bonchev–Trinajstić information content (AvgIpc) is 2.67. The third-order valence-corrected chi connectivity index (χ3v) is 5.37. The number of ether oxygens (including phenoxy) is 2. The number of nitrogens with one attached hydrogen (secondary N) is 1. The third kappa shape index (κ3) is 8.03. The number of aliphatic hydroxyl groups is 2. The maximum Gasteiger partial charge on any atom is 0.220 e. The summed E-state index contributed by atoms with van der Waals surface area (Å²) in [5, 5.41) is 21.4. The van der Waals surface area contributed by atoms with Gasteiger partial charge in [0.25, 0.3) is 0 Å². The molecule has 0 aromatic rings. The van der Waals surface area contributed by atoms with Crippen LogP contribution in [0.2, 0.25) is 0 Å². The summed E-state index contributed by atoms with van der Waals surface area (Å²) in [6, 6.07) is 0. The minimum Gasteiger partial charge on any atom is -0.395 e. The Labute approximate surface area is 169 Å². The predicted octanol–water partition coefficient (Wildman–Crippen LogP) is 2.84. The first kappa shape index (κ1) is 23.1. The van der Waals surface area contributed by atoms with Crippen molar-refractivity contribution in [3.63, 3.8) is 0 Å². The topological polar surface area (TPSA) is 88.0 Å². The molecule has 3 aliphatic rings. The molecule has 2 bridgehead atoms. The number of fused-ring (bicyclic) bond motifs is 2. The number of carbonyl (C=O) groups is 1. The summed E-state index contributed by atoms with van der Waals surface area (Å²) in [5.74, 6) is 0.257. The summed E-state index contributed by atoms with van der Waals surface area (Å²) in [6.45, 7) is 2.46. The molecule has 0 aromatic carbocycles. The van der Waals surface area contributed by atoms with Crippen LogP contribution >= 0.6 is 0 Å². The Morgan fingerprint density at radius 1 is 1.25 bits per heavy atom. The van der Waals surface area contributed by atoms with Crippen LogP contribution in [0.3, 0.4) is 0 Å². The Hall–Kier alpha value is -1.21. The van der Waals surface area contributed by atoms with Crippen molar-refractivity contribution in [2.45, 2.75) is 89.3 Å². The molecule has 5 atom stereocenters. The highest BCUT2D eigenvalue weighted by Gasteiger charge is 2.46. The highest BCUT2D eigenvalue weighted by atomic mass is 16.7. The second kappa shape index (κ2) is 13.1. The number of unbranched alkanes of at least 4 members (excludes halogenated alkanes) is 3. The SMILES string of the molecule is CCCCC[C@H](O)/C=C/[C@H]1O[C@H]2C[C@H](O2)[C@@H]1C/C=C\CCCC(=O)NCCO. The van der Waals surface area contributed by atoms with Crippen molar-refractivity contribution < 1.29 is 24.5 Å². The van der Waals surface area contributed by atoms with Gasteiger partial charge in [0.1, 0.15) is 0 Å². The maximum atomic E-state index is 11.5. The van der Waals surface area contributed by atoms with Crippen molar-refractivity contribution in [3.8, 4) is 0 Å². The summed E-state index contributed by atoms with van der Waals surface area (Å²) in [4.78, 5) is 11.5. The summed E-state index contributed by atoms with van der Waals surface area (Å²) < 4.78 is 11.7. The van der Waals surface area contributed by atoms with E-state index in [0.717, 1.165) is 51.4 Å². The Kier molecular flexibility index (Phi) is 10.8. The van der Waals surface area contributed by atoms with E-state index in [2.05, 4.69) is 24.4 Å². The van der Waals surface area contributed by atoms with E-state index in [9.17, 15) is 9.90 Å². The van der Waals surface area contributed by atoms with Gasteiger partial charge in [-0.1, -0.05) is 50.5 Å². The molecule has 6 heteroatoms. The molecule has 3 N–H and O–H groups in total. The lowest BCUT2D eigenvalue weighted by Crippen LogP contribution is -2.55. The van der Waals surface area contributed by atoms with Crippen LogP contribution in [0.5, 0.6) is 0 Å². The van der Waals surface area contributed by atoms with Gasteiger partial charge in [0.05, 0.1) is 24.9 Å². The first-order valence-electron chi connectivity index (χ1n) is 10.8. The molecule has 3 aliphatic heterocycles. The van der Waals surface area contributed by atoms with E-state index in [-0.39, 0.29) is 36.9 Å². The van der Waals surface area contributed by atoms with E-state index in [4.69, 9.17) is 14.6 Å². The molecule has 0 unspecified atom stereocenters. The number of rotatable bonds is 14. The smallest absolute Gasteiger partial charge is 0.220 e. The van der Waals surface area contributed by atoms with Crippen molar-refractivity contribution in [1.29, 1.82) is 0 Å². The molecule has 0 aliphatic carbocycles. The maximum absolute atomic E-state index is 11.5. The fourth-order valence-corrected chi connectivity index (χ4v) is 3.67. The van der Waals surface area contributed by atoms with E-state index in [0.29, 0.717) is 13.0 Å². The van der Waals surface area contributed by atoms with Gasteiger partial charge in [0, 0.05) is 25.3 Å². The van der Waals surface area contributed by atoms with Crippen molar-refractivity contribution in [2.24, 2.45) is 5.92 Å². The average molecular weight is 396 g/mol. The first-order chi connectivity index (χ1) is 13.6. The van der Waals surface area contributed by atoms with Gasteiger partial charge < -0.3 is 25.0 Å². The van der Waals surface area contributed by atoms with Crippen molar-refractivity contribution in [2.75, 3.05) is 13.2 Å². The summed E-state index contributed by atoms with van der Waals surface area (Å²) in [6.07, 6.45) is 16.0. The number of hydrogen-bond acceptors (Lipinski definition) is 5. The Morgan fingerprint density at radius 2 is 2.07 bits per heavy atom. The van der Waals surface area contributed by atoms with Gasteiger partial charge in [-0.2, -0.15) is 0 Å². The first-order valence-corrected chi connectivity index (χ1v) is 10.8.